The maximum Gasteiger partial charge on any atom is 0.306 e. The van der Waals surface area contributed by atoms with Crippen molar-refractivity contribution in [3.63, 3.8) is 0 Å². The van der Waals surface area contributed by atoms with Crippen molar-refractivity contribution in [1.29, 1.82) is 0 Å². The van der Waals surface area contributed by atoms with Gasteiger partial charge in [-0.3, -0.25) is 4.79 Å². The quantitative estimate of drug-likeness (QED) is 0.645. The van der Waals surface area contributed by atoms with Crippen molar-refractivity contribution in [1.82, 2.24) is 0 Å². The van der Waals surface area contributed by atoms with Gasteiger partial charge in [0.25, 0.3) is 0 Å². The van der Waals surface area contributed by atoms with E-state index in [0.29, 0.717) is 0 Å². The van der Waals surface area contributed by atoms with Crippen molar-refractivity contribution in [2.24, 2.45) is 11.3 Å². The second kappa shape index (κ2) is 3.90. The number of carbonyl (C=O) groups is 1. The standard InChI is InChI=1S/C12H20O6/c1-5(10(15)16)12(4)8(13)6-7(9(12)14)18-11(2,3)17-6/h5-9,13-14H,1-4H3,(H,15,16)/t5?,6-,7+,8+,9-,12?. The van der Waals surface area contributed by atoms with Gasteiger partial charge in [-0.05, 0) is 13.8 Å². The number of hydrogen-bond donors (Lipinski definition) is 3. The third kappa shape index (κ3) is 1.67. The first kappa shape index (κ1) is 13.7. The van der Waals surface area contributed by atoms with Gasteiger partial charge in [-0.15, -0.1) is 0 Å². The lowest BCUT2D eigenvalue weighted by molar-refractivity contribution is -0.203. The maximum absolute atomic E-state index is 11.1. The number of rotatable bonds is 2. The summed E-state index contributed by atoms with van der Waals surface area (Å²) in [6.45, 7) is 6.42. The second-order valence-electron chi connectivity index (χ2n) is 5.88. The Kier molecular flexibility index (Phi) is 2.98. The summed E-state index contributed by atoms with van der Waals surface area (Å²) in [6.07, 6.45) is -3.54. The molecule has 6 heteroatoms. The van der Waals surface area contributed by atoms with Crippen LogP contribution in [0.1, 0.15) is 27.7 Å². The fraction of sp³-hybridized carbons (Fsp3) is 0.917. The van der Waals surface area contributed by atoms with Crippen molar-refractivity contribution in [3.05, 3.63) is 0 Å². The van der Waals surface area contributed by atoms with Gasteiger partial charge in [0.15, 0.2) is 5.79 Å². The molecule has 1 saturated heterocycles. The lowest BCUT2D eigenvalue weighted by atomic mass is 9.73. The van der Waals surface area contributed by atoms with E-state index in [9.17, 15) is 15.0 Å². The van der Waals surface area contributed by atoms with Crippen molar-refractivity contribution in [2.45, 2.75) is 57.9 Å². The molecule has 0 aromatic heterocycles. The van der Waals surface area contributed by atoms with Crippen molar-refractivity contribution in [3.8, 4) is 0 Å². The summed E-state index contributed by atoms with van der Waals surface area (Å²) < 4.78 is 11.1. The number of aliphatic hydroxyl groups excluding tert-OH is 2. The molecule has 0 aromatic carbocycles. The third-order valence-corrected chi connectivity index (χ3v) is 4.36. The Labute approximate surface area is 106 Å². The molecule has 0 amide bonds. The average molecular weight is 260 g/mol. The van der Waals surface area contributed by atoms with E-state index < -0.39 is 47.5 Å². The van der Waals surface area contributed by atoms with E-state index in [1.807, 2.05) is 0 Å². The van der Waals surface area contributed by atoms with E-state index in [2.05, 4.69) is 0 Å². The minimum absolute atomic E-state index is 0.693. The van der Waals surface area contributed by atoms with Crippen molar-refractivity contribution >= 4 is 5.97 Å². The Hall–Kier alpha value is -0.690. The molecule has 6 atom stereocenters. The van der Waals surface area contributed by atoms with Crippen LogP contribution in [0, 0.1) is 11.3 Å². The molecule has 2 fully saturated rings. The molecule has 1 saturated carbocycles. The molecule has 104 valence electrons. The second-order valence-corrected chi connectivity index (χ2v) is 5.88. The fourth-order valence-corrected chi connectivity index (χ4v) is 2.97. The zero-order chi connectivity index (χ0) is 13.9. The summed E-state index contributed by atoms with van der Waals surface area (Å²) in [4.78, 5) is 11.1. The highest BCUT2D eigenvalue weighted by Gasteiger charge is 2.66. The van der Waals surface area contributed by atoms with Gasteiger partial charge in [0.1, 0.15) is 12.2 Å². The van der Waals surface area contributed by atoms with E-state index in [4.69, 9.17) is 14.6 Å². The zero-order valence-corrected chi connectivity index (χ0v) is 11.0. The summed E-state index contributed by atoms with van der Waals surface area (Å²) in [5.74, 6) is -2.83. The number of carboxylic acid groups (broad SMARTS) is 1. The number of hydrogen-bond acceptors (Lipinski definition) is 5. The molecule has 2 rings (SSSR count). The smallest absolute Gasteiger partial charge is 0.306 e. The normalized spacial score (nSPS) is 47.9. The van der Waals surface area contributed by atoms with Crippen LogP contribution in [0.25, 0.3) is 0 Å². The molecule has 2 unspecified atom stereocenters. The first-order valence-corrected chi connectivity index (χ1v) is 6.06. The fourth-order valence-electron chi connectivity index (χ4n) is 2.97. The first-order valence-electron chi connectivity index (χ1n) is 6.06. The van der Waals surface area contributed by atoms with Gasteiger partial charge in [-0.1, -0.05) is 13.8 Å². The summed E-state index contributed by atoms with van der Waals surface area (Å²) in [5.41, 5.74) is -1.18. The molecule has 0 radical (unpaired) electrons. The summed E-state index contributed by atoms with van der Waals surface area (Å²) >= 11 is 0. The van der Waals surface area contributed by atoms with Gasteiger partial charge >= 0.3 is 5.97 Å². The molecule has 0 spiro atoms. The minimum Gasteiger partial charge on any atom is -0.481 e. The molecule has 0 aromatic rings. The number of aliphatic carboxylic acids is 1. The molecule has 2 aliphatic rings. The largest absolute Gasteiger partial charge is 0.481 e. The van der Waals surface area contributed by atoms with Crippen LogP contribution in [-0.4, -0.2) is 51.5 Å². The van der Waals surface area contributed by atoms with Crippen LogP contribution in [0.5, 0.6) is 0 Å². The van der Waals surface area contributed by atoms with Gasteiger partial charge in [0, 0.05) is 5.41 Å². The number of fused-ring (bicyclic) bond motifs is 1. The predicted octanol–water partition coefficient (Wildman–Crippen LogP) is -0.0311. The Balaban J connectivity index is 2.31. The predicted molar refractivity (Wildman–Crippen MR) is 60.7 cm³/mol. The molecule has 1 aliphatic heterocycles. The van der Waals surface area contributed by atoms with Crippen molar-refractivity contribution in [2.75, 3.05) is 0 Å². The topological polar surface area (TPSA) is 96.2 Å². The molecule has 1 aliphatic carbocycles. The van der Waals surface area contributed by atoms with E-state index in [-0.39, 0.29) is 0 Å². The monoisotopic (exact) mass is 260 g/mol. The van der Waals surface area contributed by atoms with Crippen LogP contribution in [0.15, 0.2) is 0 Å². The first-order chi connectivity index (χ1) is 8.11. The Morgan fingerprint density at radius 1 is 1.11 bits per heavy atom. The molecular formula is C12H20O6. The van der Waals surface area contributed by atoms with Crippen LogP contribution in [0.3, 0.4) is 0 Å². The average Bonchev–Trinajstić information content (AvgIpc) is 2.67. The highest BCUT2D eigenvalue weighted by Crippen LogP contribution is 2.51. The Morgan fingerprint density at radius 3 is 1.83 bits per heavy atom. The molecular weight excluding hydrogens is 240 g/mol. The van der Waals surface area contributed by atoms with Gasteiger partial charge in [0.2, 0.25) is 0 Å². The van der Waals surface area contributed by atoms with E-state index in [1.165, 1.54) is 6.92 Å². The lowest BCUT2D eigenvalue weighted by Gasteiger charge is -2.37. The minimum atomic E-state index is -1.18. The Morgan fingerprint density at radius 2 is 1.50 bits per heavy atom. The van der Waals surface area contributed by atoms with Crippen LogP contribution < -0.4 is 0 Å². The highest BCUT2D eigenvalue weighted by atomic mass is 16.8. The van der Waals surface area contributed by atoms with Gasteiger partial charge < -0.3 is 24.8 Å². The van der Waals surface area contributed by atoms with Crippen LogP contribution >= 0.6 is 0 Å². The number of carboxylic acids is 1. The molecule has 6 nitrogen and oxygen atoms in total. The zero-order valence-electron chi connectivity index (χ0n) is 11.0. The lowest BCUT2D eigenvalue weighted by Crippen LogP contribution is -2.49. The van der Waals surface area contributed by atoms with Crippen LogP contribution in [0.4, 0.5) is 0 Å². The summed E-state index contributed by atoms with van der Waals surface area (Å²) in [7, 11) is 0. The number of ether oxygens (including phenoxy) is 2. The van der Waals surface area contributed by atoms with Gasteiger partial charge in [-0.2, -0.15) is 0 Å². The summed E-state index contributed by atoms with van der Waals surface area (Å²) in [5, 5.41) is 29.7. The molecule has 1 heterocycles. The molecule has 18 heavy (non-hydrogen) atoms. The van der Waals surface area contributed by atoms with Gasteiger partial charge in [-0.25, -0.2) is 0 Å². The number of aliphatic hydroxyl groups is 2. The summed E-state index contributed by atoms with van der Waals surface area (Å²) in [6, 6.07) is 0. The third-order valence-electron chi connectivity index (χ3n) is 4.36. The Bertz CT molecular complexity index is 346. The van der Waals surface area contributed by atoms with Crippen LogP contribution in [0.2, 0.25) is 0 Å². The van der Waals surface area contributed by atoms with Crippen LogP contribution in [-0.2, 0) is 14.3 Å². The highest BCUT2D eigenvalue weighted by molar-refractivity contribution is 5.71. The molecule has 3 N–H and O–H groups in total. The van der Waals surface area contributed by atoms with Gasteiger partial charge in [0.05, 0.1) is 18.1 Å². The van der Waals surface area contributed by atoms with Crippen molar-refractivity contribution < 1.29 is 29.6 Å². The van der Waals surface area contributed by atoms with E-state index in [0.717, 1.165) is 0 Å². The molecule has 0 bridgehead atoms. The van der Waals surface area contributed by atoms with E-state index >= 15 is 0 Å². The maximum atomic E-state index is 11.1. The van der Waals surface area contributed by atoms with E-state index in [1.54, 1.807) is 20.8 Å². The SMILES string of the molecule is CC(C(=O)O)C1(C)[C@H](O)[C@H]2OC(C)(C)O[C@H]2[C@@H]1O.